The SMILES string of the molecule is CCN(CC)c1ccc(NC(=O)CN(CCc2ccccc2OC)C(C)=O)cc1. The van der Waals surface area contributed by atoms with E-state index in [2.05, 4.69) is 24.1 Å². The summed E-state index contributed by atoms with van der Waals surface area (Å²) in [6.07, 6.45) is 0.620. The van der Waals surface area contributed by atoms with Crippen LogP contribution in [0.3, 0.4) is 0 Å². The number of benzene rings is 2. The van der Waals surface area contributed by atoms with Crippen LogP contribution in [-0.2, 0) is 16.0 Å². The zero-order chi connectivity index (χ0) is 21.2. The maximum Gasteiger partial charge on any atom is 0.243 e. The van der Waals surface area contributed by atoms with Gasteiger partial charge in [0.05, 0.1) is 13.7 Å². The van der Waals surface area contributed by atoms with Crippen molar-refractivity contribution >= 4 is 23.2 Å². The van der Waals surface area contributed by atoms with Crippen molar-refractivity contribution in [1.82, 2.24) is 4.90 Å². The van der Waals surface area contributed by atoms with Crippen LogP contribution in [0.25, 0.3) is 0 Å². The van der Waals surface area contributed by atoms with Crippen molar-refractivity contribution in [1.29, 1.82) is 0 Å². The second kappa shape index (κ2) is 11.1. The normalized spacial score (nSPS) is 10.3. The summed E-state index contributed by atoms with van der Waals surface area (Å²) in [6.45, 7) is 8.03. The van der Waals surface area contributed by atoms with E-state index in [9.17, 15) is 9.59 Å². The summed E-state index contributed by atoms with van der Waals surface area (Å²) in [4.78, 5) is 28.2. The van der Waals surface area contributed by atoms with Gasteiger partial charge in [-0.25, -0.2) is 0 Å². The first kappa shape index (κ1) is 22.3. The number of hydrogen-bond donors (Lipinski definition) is 1. The number of amides is 2. The molecule has 0 spiro atoms. The molecule has 2 rings (SSSR count). The minimum absolute atomic E-state index is 0.0161. The topological polar surface area (TPSA) is 61.9 Å². The molecule has 0 saturated carbocycles. The van der Waals surface area contributed by atoms with Crippen molar-refractivity contribution in [2.24, 2.45) is 0 Å². The van der Waals surface area contributed by atoms with Crippen molar-refractivity contribution < 1.29 is 14.3 Å². The van der Waals surface area contributed by atoms with Gasteiger partial charge in [-0.2, -0.15) is 0 Å². The van der Waals surface area contributed by atoms with Crippen LogP contribution in [0.15, 0.2) is 48.5 Å². The molecule has 6 nitrogen and oxygen atoms in total. The minimum atomic E-state index is -0.212. The predicted molar refractivity (Wildman–Crippen MR) is 118 cm³/mol. The van der Waals surface area contributed by atoms with Crippen molar-refractivity contribution in [3.05, 3.63) is 54.1 Å². The maximum absolute atomic E-state index is 12.5. The number of hydrogen-bond acceptors (Lipinski definition) is 4. The van der Waals surface area contributed by atoms with Gasteiger partial charge in [-0.05, 0) is 56.2 Å². The molecule has 0 unspecified atom stereocenters. The third kappa shape index (κ3) is 6.52. The molecule has 156 valence electrons. The van der Waals surface area contributed by atoms with Gasteiger partial charge in [-0.15, -0.1) is 0 Å². The molecule has 6 heteroatoms. The number of methoxy groups -OCH3 is 1. The highest BCUT2D eigenvalue weighted by atomic mass is 16.5. The Morgan fingerprint density at radius 3 is 2.24 bits per heavy atom. The summed E-state index contributed by atoms with van der Waals surface area (Å²) in [5.74, 6) is 0.441. The number of nitrogens with zero attached hydrogens (tertiary/aromatic N) is 2. The zero-order valence-corrected chi connectivity index (χ0v) is 17.8. The highest BCUT2D eigenvalue weighted by Gasteiger charge is 2.15. The van der Waals surface area contributed by atoms with Gasteiger partial charge in [0.15, 0.2) is 0 Å². The summed E-state index contributed by atoms with van der Waals surface area (Å²) in [7, 11) is 1.63. The fourth-order valence-corrected chi connectivity index (χ4v) is 3.23. The van der Waals surface area contributed by atoms with Crippen LogP contribution in [0, 0.1) is 0 Å². The number of para-hydroxylation sites is 1. The lowest BCUT2D eigenvalue weighted by Crippen LogP contribution is -2.38. The van der Waals surface area contributed by atoms with Crippen molar-refractivity contribution in [2.75, 3.05) is 43.5 Å². The van der Waals surface area contributed by atoms with E-state index in [0.717, 1.165) is 35.8 Å². The lowest BCUT2D eigenvalue weighted by Gasteiger charge is -2.22. The molecular weight excluding hydrogens is 366 g/mol. The van der Waals surface area contributed by atoms with E-state index in [1.807, 2.05) is 48.5 Å². The van der Waals surface area contributed by atoms with Crippen LogP contribution in [0.1, 0.15) is 26.3 Å². The van der Waals surface area contributed by atoms with Gasteiger partial charge >= 0.3 is 0 Å². The molecule has 0 aliphatic carbocycles. The standard InChI is InChI=1S/C23H31N3O3/c1-5-25(6-2)21-13-11-20(12-14-21)24-23(28)17-26(18(3)27)16-15-19-9-7-8-10-22(19)29-4/h7-14H,5-6,15-17H2,1-4H3,(H,24,28). The number of anilines is 2. The molecule has 0 heterocycles. The van der Waals surface area contributed by atoms with Crippen LogP contribution in [0.4, 0.5) is 11.4 Å². The van der Waals surface area contributed by atoms with E-state index in [0.29, 0.717) is 13.0 Å². The minimum Gasteiger partial charge on any atom is -0.496 e. The third-order valence-corrected chi connectivity index (χ3v) is 4.90. The Bertz CT molecular complexity index is 801. The number of nitrogens with one attached hydrogen (secondary N) is 1. The van der Waals surface area contributed by atoms with Crippen LogP contribution in [0.2, 0.25) is 0 Å². The summed E-state index contributed by atoms with van der Waals surface area (Å²) >= 11 is 0. The smallest absolute Gasteiger partial charge is 0.243 e. The summed E-state index contributed by atoms with van der Waals surface area (Å²) in [6, 6.07) is 15.5. The van der Waals surface area contributed by atoms with E-state index in [4.69, 9.17) is 4.74 Å². The second-order valence-electron chi connectivity index (χ2n) is 6.77. The van der Waals surface area contributed by atoms with E-state index in [1.54, 1.807) is 12.0 Å². The Labute approximate surface area is 173 Å². The summed E-state index contributed by atoms with van der Waals surface area (Å²) < 4.78 is 5.35. The zero-order valence-electron chi connectivity index (χ0n) is 17.8. The molecule has 0 aliphatic rings. The molecule has 0 fully saturated rings. The lowest BCUT2D eigenvalue weighted by molar-refractivity contribution is -0.132. The van der Waals surface area contributed by atoms with E-state index in [-0.39, 0.29) is 18.4 Å². The third-order valence-electron chi connectivity index (χ3n) is 4.90. The quantitative estimate of drug-likeness (QED) is 0.666. The molecule has 1 N–H and O–H groups in total. The van der Waals surface area contributed by atoms with Gasteiger partial charge in [-0.1, -0.05) is 18.2 Å². The van der Waals surface area contributed by atoms with Crippen LogP contribution >= 0.6 is 0 Å². The molecule has 29 heavy (non-hydrogen) atoms. The van der Waals surface area contributed by atoms with Crippen LogP contribution in [-0.4, -0.2) is 50.0 Å². The van der Waals surface area contributed by atoms with Crippen LogP contribution < -0.4 is 15.0 Å². The number of carbonyl (C=O) groups is 2. The Morgan fingerprint density at radius 1 is 1.00 bits per heavy atom. The van der Waals surface area contributed by atoms with Crippen molar-refractivity contribution in [3.63, 3.8) is 0 Å². The van der Waals surface area contributed by atoms with Gasteiger partial charge in [0.2, 0.25) is 11.8 Å². The van der Waals surface area contributed by atoms with Crippen molar-refractivity contribution in [3.8, 4) is 5.75 Å². The predicted octanol–water partition coefficient (Wildman–Crippen LogP) is 3.57. The van der Waals surface area contributed by atoms with Gasteiger partial charge in [0, 0.05) is 37.9 Å². The van der Waals surface area contributed by atoms with Gasteiger partial charge < -0.3 is 19.9 Å². The molecule has 0 saturated heterocycles. The fourth-order valence-electron chi connectivity index (χ4n) is 3.23. The monoisotopic (exact) mass is 397 g/mol. The molecular formula is C23H31N3O3. The highest BCUT2D eigenvalue weighted by molar-refractivity contribution is 5.94. The lowest BCUT2D eigenvalue weighted by atomic mass is 10.1. The molecule has 2 aromatic carbocycles. The molecule has 0 aliphatic heterocycles. The highest BCUT2D eigenvalue weighted by Crippen LogP contribution is 2.19. The molecule has 0 aromatic heterocycles. The second-order valence-corrected chi connectivity index (χ2v) is 6.77. The van der Waals surface area contributed by atoms with Crippen LogP contribution in [0.5, 0.6) is 5.75 Å². The van der Waals surface area contributed by atoms with E-state index < -0.39 is 0 Å². The summed E-state index contributed by atoms with van der Waals surface area (Å²) in [5, 5.41) is 2.87. The first-order chi connectivity index (χ1) is 14.0. The molecule has 0 bridgehead atoms. The summed E-state index contributed by atoms with van der Waals surface area (Å²) in [5.41, 5.74) is 2.85. The number of carbonyl (C=O) groups excluding carboxylic acids is 2. The number of ether oxygens (including phenoxy) is 1. The largest absolute Gasteiger partial charge is 0.496 e. The first-order valence-electron chi connectivity index (χ1n) is 10.0. The fraction of sp³-hybridized carbons (Fsp3) is 0.391. The Morgan fingerprint density at radius 2 is 1.66 bits per heavy atom. The van der Waals surface area contributed by atoms with Gasteiger partial charge in [-0.3, -0.25) is 9.59 Å². The van der Waals surface area contributed by atoms with E-state index in [1.165, 1.54) is 6.92 Å². The maximum atomic E-state index is 12.5. The average Bonchev–Trinajstić information content (AvgIpc) is 2.73. The van der Waals surface area contributed by atoms with Gasteiger partial charge in [0.25, 0.3) is 0 Å². The Balaban J connectivity index is 1.94. The molecule has 0 radical (unpaired) electrons. The Kier molecular flexibility index (Phi) is 8.52. The number of rotatable bonds is 10. The average molecular weight is 398 g/mol. The van der Waals surface area contributed by atoms with Crippen molar-refractivity contribution in [2.45, 2.75) is 27.2 Å². The molecule has 0 atom stereocenters. The molecule has 2 amide bonds. The van der Waals surface area contributed by atoms with E-state index >= 15 is 0 Å². The molecule has 2 aromatic rings. The first-order valence-corrected chi connectivity index (χ1v) is 10.0. The Hall–Kier alpha value is -3.02. The van der Waals surface area contributed by atoms with Gasteiger partial charge in [0.1, 0.15) is 5.75 Å².